The molecule has 0 unspecified atom stereocenters. The second kappa shape index (κ2) is 5.63. The maximum atomic E-state index is 12.7. The van der Waals surface area contributed by atoms with Gasteiger partial charge in [-0.05, 0) is 48.4 Å². The molecule has 0 radical (unpaired) electrons. The molecule has 1 saturated heterocycles. The molecule has 5 nitrogen and oxygen atoms in total. The lowest BCUT2D eigenvalue weighted by Crippen LogP contribution is -2.32. The third-order valence-corrected chi connectivity index (χ3v) is 4.76. The maximum Gasteiger partial charge on any atom is 0.253 e. The lowest BCUT2D eigenvalue weighted by molar-refractivity contribution is -0.122. The van der Waals surface area contributed by atoms with Crippen molar-refractivity contribution in [1.82, 2.24) is 4.90 Å². The minimum atomic E-state index is -0.323. The van der Waals surface area contributed by atoms with Crippen LogP contribution in [0.5, 0.6) is 5.75 Å². The summed E-state index contributed by atoms with van der Waals surface area (Å²) in [6.07, 6.45) is 2.30. The van der Waals surface area contributed by atoms with Crippen molar-refractivity contribution >= 4 is 11.8 Å². The van der Waals surface area contributed by atoms with E-state index in [1.54, 1.807) is 18.1 Å². The Hall–Kier alpha value is -2.04. The quantitative estimate of drug-likeness (QED) is 0.921. The summed E-state index contributed by atoms with van der Waals surface area (Å²) in [5, 5.41) is 0. The summed E-state index contributed by atoms with van der Waals surface area (Å²) in [6.45, 7) is 2.96. The van der Waals surface area contributed by atoms with Gasteiger partial charge in [0.1, 0.15) is 5.75 Å². The van der Waals surface area contributed by atoms with E-state index in [4.69, 9.17) is 10.5 Å². The Kier molecular flexibility index (Phi) is 3.81. The molecule has 2 atom stereocenters. The van der Waals surface area contributed by atoms with Gasteiger partial charge in [-0.3, -0.25) is 9.59 Å². The molecule has 1 aromatic rings. The van der Waals surface area contributed by atoms with Crippen LogP contribution in [0, 0.1) is 11.8 Å². The molecule has 2 amide bonds. The molecule has 5 heteroatoms. The summed E-state index contributed by atoms with van der Waals surface area (Å²) >= 11 is 0. The van der Waals surface area contributed by atoms with Gasteiger partial charge in [0.05, 0.1) is 13.0 Å². The van der Waals surface area contributed by atoms with Gasteiger partial charge in [-0.15, -0.1) is 0 Å². The van der Waals surface area contributed by atoms with Crippen LogP contribution in [0.2, 0.25) is 0 Å². The predicted octanol–water partition coefficient (Wildman–Crippen LogP) is 1.77. The molecule has 0 spiro atoms. The minimum Gasteiger partial charge on any atom is -0.496 e. The van der Waals surface area contributed by atoms with E-state index < -0.39 is 0 Å². The molecule has 1 saturated carbocycles. The van der Waals surface area contributed by atoms with E-state index in [9.17, 15) is 9.59 Å². The summed E-state index contributed by atoms with van der Waals surface area (Å²) in [4.78, 5) is 25.8. The Bertz CT molecular complexity index is 610. The van der Waals surface area contributed by atoms with E-state index in [-0.39, 0.29) is 23.7 Å². The van der Waals surface area contributed by atoms with Crippen LogP contribution in [0.1, 0.15) is 41.6 Å². The van der Waals surface area contributed by atoms with Crippen molar-refractivity contribution in [2.45, 2.75) is 25.7 Å². The summed E-state index contributed by atoms with van der Waals surface area (Å²) in [5.74, 6) is 0.881. The van der Waals surface area contributed by atoms with Gasteiger partial charge in [0.15, 0.2) is 0 Å². The molecule has 2 N–H and O–H groups in total. The first kappa shape index (κ1) is 14.9. The lowest BCUT2D eigenvalue weighted by atomic mass is 9.98. The van der Waals surface area contributed by atoms with E-state index >= 15 is 0 Å². The molecule has 1 aliphatic heterocycles. The standard InChI is InChI=1S/C17H22N2O3/c1-10-8-19(9-14(10)16(18)20)17(21)12-5-6-15(22-2)13(7-12)11-3-4-11/h5-7,10-11,14H,3-4,8-9H2,1-2H3,(H2,18,20)/t10-,14-/m1/s1. The molecule has 2 aliphatic rings. The third kappa shape index (κ3) is 2.67. The summed E-state index contributed by atoms with van der Waals surface area (Å²) in [6, 6.07) is 5.61. The average Bonchev–Trinajstić information content (AvgIpc) is 3.27. The first-order valence-corrected chi connectivity index (χ1v) is 7.77. The number of nitrogens with two attached hydrogens (primary N) is 1. The average molecular weight is 302 g/mol. The normalized spacial score (nSPS) is 24.4. The number of primary amides is 1. The van der Waals surface area contributed by atoms with Gasteiger partial charge >= 0.3 is 0 Å². The second-order valence-corrected chi connectivity index (χ2v) is 6.43. The van der Waals surface area contributed by atoms with Crippen LogP contribution in [0.25, 0.3) is 0 Å². The highest BCUT2D eigenvalue weighted by molar-refractivity contribution is 5.95. The third-order valence-electron chi connectivity index (χ3n) is 4.76. The van der Waals surface area contributed by atoms with Gasteiger partial charge in [-0.1, -0.05) is 6.92 Å². The zero-order chi connectivity index (χ0) is 15.9. The Balaban J connectivity index is 1.81. The number of nitrogens with zero attached hydrogens (tertiary/aromatic N) is 1. The number of hydrogen-bond donors (Lipinski definition) is 1. The summed E-state index contributed by atoms with van der Waals surface area (Å²) < 4.78 is 5.39. The van der Waals surface area contributed by atoms with Crippen molar-refractivity contribution in [2.24, 2.45) is 17.6 Å². The Morgan fingerprint density at radius 3 is 2.55 bits per heavy atom. The van der Waals surface area contributed by atoms with Crippen molar-refractivity contribution in [3.8, 4) is 5.75 Å². The van der Waals surface area contributed by atoms with E-state index in [0.29, 0.717) is 24.6 Å². The van der Waals surface area contributed by atoms with Crippen LogP contribution in [0.3, 0.4) is 0 Å². The van der Waals surface area contributed by atoms with Gasteiger partial charge in [0.25, 0.3) is 5.91 Å². The number of ether oxygens (including phenoxy) is 1. The fourth-order valence-corrected chi connectivity index (χ4v) is 3.27. The number of likely N-dealkylation sites (tertiary alicyclic amines) is 1. The van der Waals surface area contributed by atoms with Crippen molar-refractivity contribution < 1.29 is 14.3 Å². The van der Waals surface area contributed by atoms with E-state index in [1.807, 2.05) is 19.1 Å². The fraction of sp³-hybridized carbons (Fsp3) is 0.529. The zero-order valence-corrected chi connectivity index (χ0v) is 13.0. The number of benzene rings is 1. The Morgan fingerprint density at radius 1 is 1.27 bits per heavy atom. The van der Waals surface area contributed by atoms with Crippen LogP contribution in [0.4, 0.5) is 0 Å². The fourth-order valence-electron chi connectivity index (χ4n) is 3.27. The van der Waals surface area contributed by atoms with Crippen LogP contribution >= 0.6 is 0 Å². The molecule has 0 bridgehead atoms. The first-order chi connectivity index (χ1) is 10.5. The second-order valence-electron chi connectivity index (χ2n) is 6.43. The summed E-state index contributed by atoms with van der Waals surface area (Å²) in [7, 11) is 1.66. The molecule has 3 rings (SSSR count). The molecule has 1 aliphatic carbocycles. The number of methoxy groups -OCH3 is 1. The van der Waals surface area contributed by atoms with E-state index in [2.05, 4.69) is 0 Å². The van der Waals surface area contributed by atoms with Crippen molar-refractivity contribution in [2.75, 3.05) is 20.2 Å². The molecule has 0 aromatic heterocycles. The number of rotatable bonds is 4. The topological polar surface area (TPSA) is 72.6 Å². The maximum absolute atomic E-state index is 12.7. The van der Waals surface area contributed by atoms with Crippen molar-refractivity contribution in [3.63, 3.8) is 0 Å². The lowest BCUT2D eigenvalue weighted by Gasteiger charge is -2.17. The number of carbonyl (C=O) groups is 2. The summed E-state index contributed by atoms with van der Waals surface area (Å²) in [5.41, 5.74) is 7.19. The largest absolute Gasteiger partial charge is 0.496 e. The minimum absolute atomic E-state index is 0.0276. The van der Waals surface area contributed by atoms with Gasteiger partial charge in [-0.25, -0.2) is 0 Å². The van der Waals surface area contributed by atoms with Crippen LogP contribution in [0.15, 0.2) is 18.2 Å². The van der Waals surface area contributed by atoms with Crippen molar-refractivity contribution in [3.05, 3.63) is 29.3 Å². The monoisotopic (exact) mass is 302 g/mol. The van der Waals surface area contributed by atoms with Crippen LogP contribution in [-0.4, -0.2) is 36.9 Å². The van der Waals surface area contributed by atoms with Gasteiger partial charge in [0.2, 0.25) is 5.91 Å². The highest BCUT2D eigenvalue weighted by atomic mass is 16.5. The van der Waals surface area contributed by atoms with Gasteiger partial charge < -0.3 is 15.4 Å². The Morgan fingerprint density at radius 2 is 2.00 bits per heavy atom. The molecule has 118 valence electrons. The highest BCUT2D eigenvalue weighted by Gasteiger charge is 2.36. The molecular weight excluding hydrogens is 280 g/mol. The zero-order valence-electron chi connectivity index (χ0n) is 13.0. The highest BCUT2D eigenvalue weighted by Crippen LogP contribution is 2.44. The molecule has 1 aromatic carbocycles. The van der Waals surface area contributed by atoms with Gasteiger partial charge in [-0.2, -0.15) is 0 Å². The van der Waals surface area contributed by atoms with Gasteiger partial charge in [0, 0.05) is 18.7 Å². The number of hydrogen-bond acceptors (Lipinski definition) is 3. The van der Waals surface area contributed by atoms with E-state index in [0.717, 1.165) is 24.2 Å². The van der Waals surface area contributed by atoms with Crippen molar-refractivity contribution in [1.29, 1.82) is 0 Å². The molecule has 22 heavy (non-hydrogen) atoms. The molecular formula is C17H22N2O3. The van der Waals surface area contributed by atoms with Crippen LogP contribution in [-0.2, 0) is 4.79 Å². The predicted molar refractivity (Wildman–Crippen MR) is 82.7 cm³/mol. The SMILES string of the molecule is COc1ccc(C(=O)N2C[C@@H](C)[C@H](C(N)=O)C2)cc1C1CC1. The Labute approximate surface area is 130 Å². The number of carbonyl (C=O) groups excluding carboxylic acids is 2. The molecule has 1 heterocycles. The van der Waals surface area contributed by atoms with E-state index in [1.165, 1.54) is 0 Å². The molecule has 2 fully saturated rings. The number of amides is 2. The smallest absolute Gasteiger partial charge is 0.253 e. The first-order valence-electron chi connectivity index (χ1n) is 7.77. The van der Waals surface area contributed by atoms with Crippen LogP contribution < -0.4 is 10.5 Å².